The number of benzene rings is 1. The summed E-state index contributed by atoms with van der Waals surface area (Å²) >= 11 is 0. The molecule has 0 amide bonds. The first-order valence-corrected chi connectivity index (χ1v) is 5.75. The number of methoxy groups -OCH3 is 1. The Labute approximate surface area is 102 Å². The Balaban J connectivity index is 2.85. The summed E-state index contributed by atoms with van der Waals surface area (Å²) in [6, 6.07) is 4.94. The van der Waals surface area contributed by atoms with E-state index in [1.54, 1.807) is 13.2 Å². The van der Waals surface area contributed by atoms with Crippen LogP contribution in [0.2, 0.25) is 0 Å². The smallest absolute Gasteiger partial charge is 0.123 e. The summed E-state index contributed by atoms with van der Waals surface area (Å²) in [5.74, 6) is -0.207. The second-order valence-electron chi connectivity index (χ2n) is 4.23. The third-order valence-corrected chi connectivity index (χ3v) is 2.99. The van der Waals surface area contributed by atoms with Crippen LogP contribution in [0.3, 0.4) is 0 Å². The van der Waals surface area contributed by atoms with Crippen molar-refractivity contribution >= 4 is 0 Å². The zero-order valence-corrected chi connectivity index (χ0v) is 10.7. The molecule has 1 aromatic rings. The van der Waals surface area contributed by atoms with E-state index in [0.29, 0.717) is 13.2 Å². The van der Waals surface area contributed by atoms with E-state index in [1.165, 1.54) is 6.07 Å². The molecule has 96 valence electrons. The molecule has 1 rings (SSSR count). The van der Waals surface area contributed by atoms with Gasteiger partial charge < -0.3 is 10.5 Å². The van der Waals surface area contributed by atoms with Gasteiger partial charge in [-0.3, -0.25) is 4.90 Å². The molecule has 17 heavy (non-hydrogen) atoms. The van der Waals surface area contributed by atoms with Crippen LogP contribution in [0.25, 0.3) is 0 Å². The number of nitrogens with two attached hydrogens (primary N) is 1. The number of hydrogen-bond donors (Lipinski definition) is 1. The number of ether oxygens (including phenoxy) is 1. The maximum Gasteiger partial charge on any atom is 0.123 e. The molecule has 2 N–H and O–H groups in total. The standard InChI is InChI=1S/C13H21FN2O/c1-10-8-11(14)4-5-12(10)13(9-15)16(2)6-7-17-3/h4-5,8,13H,6-7,9,15H2,1-3H3. The Morgan fingerprint density at radius 2 is 2.18 bits per heavy atom. The van der Waals surface area contributed by atoms with Crippen LogP contribution in [0.15, 0.2) is 18.2 Å². The maximum atomic E-state index is 13.1. The van der Waals surface area contributed by atoms with E-state index in [1.807, 2.05) is 20.0 Å². The fourth-order valence-electron chi connectivity index (χ4n) is 1.95. The summed E-state index contributed by atoms with van der Waals surface area (Å²) in [6.07, 6.45) is 0. The number of likely N-dealkylation sites (N-methyl/N-ethyl adjacent to an activating group) is 1. The third kappa shape index (κ3) is 3.77. The zero-order chi connectivity index (χ0) is 12.8. The molecule has 1 aromatic carbocycles. The molecule has 3 nitrogen and oxygen atoms in total. The minimum atomic E-state index is -0.207. The minimum absolute atomic E-state index is 0.103. The van der Waals surface area contributed by atoms with Crippen LogP contribution in [0.4, 0.5) is 4.39 Å². The van der Waals surface area contributed by atoms with E-state index in [4.69, 9.17) is 10.5 Å². The van der Waals surface area contributed by atoms with Crippen molar-refractivity contribution in [3.05, 3.63) is 35.1 Å². The predicted octanol–water partition coefficient (Wildman–Crippen LogP) is 1.71. The summed E-state index contributed by atoms with van der Waals surface area (Å²) in [5, 5.41) is 0. The van der Waals surface area contributed by atoms with Crippen molar-refractivity contribution in [2.24, 2.45) is 5.73 Å². The monoisotopic (exact) mass is 240 g/mol. The average Bonchev–Trinajstić information content (AvgIpc) is 2.30. The summed E-state index contributed by atoms with van der Waals surface area (Å²) < 4.78 is 18.1. The molecule has 0 radical (unpaired) electrons. The Morgan fingerprint density at radius 3 is 2.71 bits per heavy atom. The first-order valence-electron chi connectivity index (χ1n) is 5.75. The highest BCUT2D eigenvalue weighted by molar-refractivity contribution is 5.29. The zero-order valence-electron chi connectivity index (χ0n) is 10.7. The van der Waals surface area contributed by atoms with Crippen molar-refractivity contribution in [2.75, 3.05) is 33.9 Å². The first kappa shape index (κ1) is 14.1. The van der Waals surface area contributed by atoms with Gasteiger partial charge in [-0.25, -0.2) is 4.39 Å². The lowest BCUT2D eigenvalue weighted by Crippen LogP contribution is -2.33. The van der Waals surface area contributed by atoms with E-state index in [2.05, 4.69) is 4.90 Å². The Kier molecular flexibility index (Phi) is 5.55. The van der Waals surface area contributed by atoms with Crippen LogP contribution in [-0.4, -0.2) is 38.8 Å². The summed E-state index contributed by atoms with van der Waals surface area (Å²) in [5.41, 5.74) is 7.82. The van der Waals surface area contributed by atoms with Crippen molar-refractivity contribution in [1.82, 2.24) is 4.90 Å². The van der Waals surface area contributed by atoms with Gasteiger partial charge in [-0.15, -0.1) is 0 Å². The summed E-state index contributed by atoms with van der Waals surface area (Å²) in [6.45, 7) is 3.88. The van der Waals surface area contributed by atoms with E-state index >= 15 is 0 Å². The van der Waals surface area contributed by atoms with Crippen molar-refractivity contribution < 1.29 is 9.13 Å². The number of halogens is 1. The highest BCUT2D eigenvalue weighted by Gasteiger charge is 2.17. The van der Waals surface area contributed by atoms with Crippen LogP contribution in [0.1, 0.15) is 17.2 Å². The molecule has 1 unspecified atom stereocenters. The summed E-state index contributed by atoms with van der Waals surface area (Å²) in [4.78, 5) is 2.13. The van der Waals surface area contributed by atoms with Gasteiger partial charge in [-0.1, -0.05) is 6.07 Å². The van der Waals surface area contributed by atoms with Gasteiger partial charge in [0.25, 0.3) is 0 Å². The molecule has 1 atom stereocenters. The first-order chi connectivity index (χ1) is 8.10. The van der Waals surface area contributed by atoms with Crippen molar-refractivity contribution in [3.8, 4) is 0 Å². The van der Waals surface area contributed by atoms with Gasteiger partial charge in [0, 0.05) is 26.2 Å². The Hall–Kier alpha value is -0.970. The van der Waals surface area contributed by atoms with Gasteiger partial charge in [-0.2, -0.15) is 0 Å². The largest absolute Gasteiger partial charge is 0.383 e. The quantitative estimate of drug-likeness (QED) is 0.822. The highest BCUT2D eigenvalue weighted by atomic mass is 19.1. The van der Waals surface area contributed by atoms with Crippen LogP contribution in [0, 0.1) is 12.7 Å². The second-order valence-corrected chi connectivity index (χ2v) is 4.23. The molecule has 4 heteroatoms. The lowest BCUT2D eigenvalue weighted by Gasteiger charge is -2.28. The molecule has 0 aliphatic rings. The number of nitrogens with zero attached hydrogens (tertiary/aromatic N) is 1. The van der Waals surface area contributed by atoms with E-state index in [9.17, 15) is 4.39 Å². The van der Waals surface area contributed by atoms with Gasteiger partial charge in [0.15, 0.2) is 0 Å². The predicted molar refractivity (Wildman–Crippen MR) is 67.4 cm³/mol. The van der Waals surface area contributed by atoms with Crippen LogP contribution in [0.5, 0.6) is 0 Å². The molecule has 0 fully saturated rings. The highest BCUT2D eigenvalue weighted by Crippen LogP contribution is 2.22. The maximum absolute atomic E-state index is 13.1. The average molecular weight is 240 g/mol. The molecule has 0 saturated carbocycles. The number of hydrogen-bond acceptors (Lipinski definition) is 3. The number of rotatable bonds is 6. The molecule has 0 spiro atoms. The Bertz CT molecular complexity index is 357. The molecule has 0 aromatic heterocycles. The van der Waals surface area contributed by atoms with Crippen LogP contribution >= 0.6 is 0 Å². The third-order valence-electron chi connectivity index (χ3n) is 2.99. The van der Waals surface area contributed by atoms with Gasteiger partial charge >= 0.3 is 0 Å². The van der Waals surface area contributed by atoms with Crippen LogP contribution in [-0.2, 0) is 4.74 Å². The lowest BCUT2D eigenvalue weighted by molar-refractivity contribution is 0.140. The van der Waals surface area contributed by atoms with E-state index < -0.39 is 0 Å². The molecule has 0 heterocycles. The van der Waals surface area contributed by atoms with Crippen LogP contribution < -0.4 is 5.73 Å². The van der Waals surface area contributed by atoms with E-state index in [-0.39, 0.29) is 11.9 Å². The lowest BCUT2D eigenvalue weighted by atomic mass is 10.00. The molecule has 0 aliphatic heterocycles. The Morgan fingerprint density at radius 1 is 1.47 bits per heavy atom. The summed E-state index contributed by atoms with van der Waals surface area (Å²) in [7, 11) is 3.67. The topological polar surface area (TPSA) is 38.5 Å². The number of aryl methyl sites for hydroxylation is 1. The molecule has 0 aliphatic carbocycles. The van der Waals surface area contributed by atoms with Gasteiger partial charge in [0.2, 0.25) is 0 Å². The molecule has 0 bridgehead atoms. The van der Waals surface area contributed by atoms with Gasteiger partial charge in [-0.05, 0) is 37.2 Å². The second kappa shape index (κ2) is 6.69. The van der Waals surface area contributed by atoms with Crippen molar-refractivity contribution in [1.29, 1.82) is 0 Å². The molecular weight excluding hydrogens is 219 g/mol. The normalized spacial score (nSPS) is 13.1. The van der Waals surface area contributed by atoms with E-state index in [0.717, 1.165) is 17.7 Å². The molecule has 0 saturated heterocycles. The SMILES string of the molecule is COCCN(C)C(CN)c1ccc(F)cc1C. The fourth-order valence-corrected chi connectivity index (χ4v) is 1.95. The van der Waals surface area contributed by atoms with Crippen molar-refractivity contribution in [2.45, 2.75) is 13.0 Å². The van der Waals surface area contributed by atoms with Crippen molar-refractivity contribution in [3.63, 3.8) is 0 Å². The molecular formula is C13H21FN2O. The minimum Gasteiger partial charge on any atom is -0.383 e. The fraction of sp³-hybridized carbons (Fsp3) is 0.538. The van der Waals surface area contributed by atoms with Gasteiger partial charge in [0.05, 0.1) is 6.61 Å². The van der Waals surface area contributed by atoms with Gasteiger partial charge in [0.1, 0.15) is 5.82 Å².